The van der Waals surface area contributed by atoms with E-state index in [1.807, 2.05) is 0 Å². The lowest BCUT2D eigenvalue weighted by atomic mass is 10.1. The van der Waals surface area contributed by atoms with Crippen molar-refractivity contribution in [1.82, 2.24) is 10.6 Å². The normalized spacial score (nSPS) is 14.7. The van der Waals surface area contributed by atoms with Crippen molar-refractivity contribution in [3.05, 3.63) is 10.4 Å². The van der Waals surface area contributed by atoms with Crippen molar-refractivity contribution in [2.45, 2.75) is 51.5 Å². The van der Waals surface area contributed by atoms with E-state index in [-0.39, 0.29) is 0 Å². The van der Waals surface area contributed by atoms with Gasteiger partial charge < -0.3 is 25.6 Å². The van der Waals surface area contributed by atoms with Gasteiger partial charge in [0.15, 0.2) is 0 Å². The van der Waals surface area contributed by atoms with Crippen LogP contribution in [0.25, 0.3) is 10.4 Å². The molecular formula is C12H21N5O6. The summed E-state index contributed by atoms with van der Waals surface area (Å²) < 4.78 is 4.96. The van der Waals surface area contributed by atoms with Crippen molar-refractivity contribution in [3.8, 4) is 0 Å². The Balaban J connectivity index is 4.95. The van der Waals surface area contributed by atoms with Gasteiger partial charge in [-0.05, 0) is 38.3 Å². The number of amides is 3. The first-order chi connectivity index (χ1) is 10.5. The second-order valence-electron chi connectivity index (χ2n) is 5.64. The Morgan fingerprint density at radius 3 is 2.26 bits per heavy atom. The predicted octanol–water partition coefficient (Wildman–Crippen LogP) is -0.425. The second kappa shape index (κ2) is 8.93. The SMILES string of the molecule is C[C@@H](O)[C@H](NC(=O)OC(C)(C)C)C(=O)N[C@@H](CO)C(=O)N=[N+]=[N-]. The average Bonchev–Trinajstić information content (AvgIpc) is 2.39. The maximum Gasteiger partial charge on any atom is 0.408 e. The van der Waals surface area contributed by atoms with E-state index in [0.717, 1.165) is 0 Å². The first kappa shape index (κ1) is 20.6. The molecule has 0 saturated heterocycles. The van der Waals surface area contributed by atoms with Gasteiger partial charge in [-0.15, -0.1) is 0 Å². The summed E-state index contributed by atoms with van der Waals surface area (Å²) in [6, 6.07) is -2.92. The van der Waals surface area contributed by atoms with Crippen LogP contribution in [-0.2, 0) is 14.3 Å². The molecule has 23 heavy (non-hydrogen) atoms. The lowest BCUT2D eigenvalue weighted by Gasteiger charge is -2.25. The minimum absolute atomic E-state index is 0.811. The van der Waals surface area contributed by atoms with Crippen LogP contribution in [0, 0.1) is 0 Å². The summed E-state index contributed by atoms with van der Waals surface area (Å²) in [5.41, 5.74) is 7.36. The topological polar surface area (TPSA) is 174 Å². The van der Waals surface area contributed by atoms with Gasteiger partial charge in [-0.3, -0.25) is 9.59 Å². The highest BCUT2D eigenvalue weighted by Gasteiger charge is 2.30. The van der Waals surface area contributed by atoms with Gasteiger partial charge in [0.05, 0.1) is 12.7 Å². The highest BCUT2D eigenvalue weighted by Crippen LogP contribution is 2.07. The van der Waals surface area contributed by atoms with E-state index in [2.05, 4.69) is 20.7 Å². The Bertz CT molecular complexity index is 495. The van der Waals surface area contributed by atoms with Crippen molar-refractivity contribution >= 4 is 17.9 Å². The number of aliphatic hydroxyl groups excluding tert-OH is 2. The molecule has 0 rings (SSSR count). The van der Waals surface area contributed by atoms with Gasteiger partial charge in [-0.2, -0.15) is 0 Å². The molecule has 4 N–H and O–H groups in total. The Kier molecular flexibility index (Phi) is 8.02. The third-order valence-electron chi connectivity index (χ3n) is 2.38. The smallest absolute Gasteiger partial charge is 0.408 e. The monoisotopic (exact) mass is 331 g/mol. The average molecular weight is 331 g/mol. The molecule has 0 aliphatic rings. The predicted molar refractivity (Wildman–Crippen MR) is 78.0 cm³/mol. The summed E-state index contributed by atoms with van der Waals surface area (Å²) in [6.45, 7) is 5.27. The van der Waals surface area contributed by atoms with Gasteiger partial charge in [0.2, 0.25) is 11.8 Å². The van der Waals surface area contributed by atoms with Crippen molar-refractivity contribution in [2.24, 2.45) is 5.11 Å². The number of hydrogen-bond acceptors (Lipinski definition) is 6. The molecule has 0 bridgehead atoms. The molecule has 0 aromatic rings. The quantitative estimate of drug-likeness (QED) is 0.292. The Morgan fingerprint density at radius 1 is 1.30 bits per heavy atom. The number of carbonyl (C=O) groups excluding carboxylic acids is 3. The van der Waals surface area contributed by atoms with Crippen LogP contribution in [0.1, 0.15) is 27.7 Å². The molecule has 0 radical (unpaired) electrons. The number of carbonyl (C=O) groups is 3. The van der Waals surface area contributed by atoms with Gasteiger partial charge in [-0.1, -0.05) is 0 Å². The van der Waals surface area contributed by atoms with E-state index in [4.69, 9.17) is 15.4 Å². The summed E-state index contributed by atoms with van der Waals surface area (Å²) in [7, 11) is 0. The van der Waals surface area contributed by atoms with Crippen molar-refractivity contribution in [2.75, 3.05) is 6.61 Å². The molecule has 0 aromatic carbocycles. The van der Waals surface area contributed by atoms with E-state index in [1.165, 1.54) is 6.92 Å². The minimum atomic E-state index is -1.49. The Labute approximate surface area is 132 Å². The zero-order chi connectivity index (χ0) is 18.2. The van der Waals surface area contributed by atoms with Crippen LogP contribution in [0.2, 0.25) is 0 Å². The number of nitrogens with zero attached hydrogens (tertiary/aromatic N) is 3. The molecule has 0 unspecified atom stereocenters. The van der Waals surface area contributed by atoms with Gasteiger partial charge in [0.1, 0.15) is 17.7 Å². The van der Waals surface area contributed by atoms with Crippen LogP contribution in [-0.4, -0.2) is 58.5 Å². The third kappa shape index (κ3) is 8.00. The van der Waals surface area contributed by atoms with Gasteiger partial charge in [-0.25, -0.2) is 4.79 Å². The number of alkyl carbamates (subject to hydrolysis) is 1. The van der Waals surface area contributed by atoms with Crippen LogP contribution >= 0.6 is 0 Å². The third-order valence-corrected chi connectivity index (χ3v) is 2.38. The Morgan fingerprint density at radius 2 is 1.87 bits per heavy atom. The zero-order valence-electron chi connectivity index (χ0n) is 13.3. The van der Waals surface area contributed by atoms with Gasteiger partial charge >= 0.3 is 6.09 Å². The van der Waals surface area contributed by atoms with E-state index in [1.54, 1.807) is 20.8 Å². The number of nitrogens with one attached hydrogen (secondary N) is 2. The highest BCUT2D eigenvalue weighted by atomic mass is 16.6. The molecule has 0 heterocycles. The standard InChI is InChI=1S/C12H21N5O6/c1-6(19)8(15-11(22)23-12(2,3)4)10(21)14-7(5-18)9(20)16-17-13/h6-8,18-19H,5H2,1-4H3,(H,14,21)(H,15,22)/t6-,7+,8+/m1/s1. The van der Waals surface area contributed by atoms with Crippen LogP contribution in [0.5, 0.6) is 0 Å². The zero-order valence-corrected chi connectivity index (χ0v) is 13.3. The summed E-state index contributed by atoms with van der Waals surface area (Å²) in [6.07, 6.45) is -2.25. The number of hydrogen-bond donors (Lipinski definition) is 4. The van der Waals surface area contributed by atoms with E-state index in [0.29, 0.717) is 0 Å². The lowest BCUT2D eigenvalue weighted by Crippen LogP contribution is -2.56. The molecule has 0 aliphatic heterocycles. The number of rotatable bonds is 6. The number of ether oxygens (including phenoxy) is 1. The molecule has 0 aliphatic carbocycles. The first-order valence-electron chi connectivity index (χ1n) is 6.69. The fraction of sp³-hybridized carbons (Fsp3) is 0.750. The van der Waals surface area contributed by atoms with Crippen molar-refractivity contribution < 1.29 is 29.3 Å². The molecule has 11 heteroatoms. The summed E-state index contributed by atoms with van der Waals surface area (Å²) in [5.74, 6) is -2.06. The van der Waals surface area contributed by atoms with Gasteiger partial charge in [0, 0.05) is 4.91 Å². The highest BCUT2D eigenvalue weighted by molar-refractivity contribution is 5.92. The number of azide groups is 1. The van der Waals surface area contributed by atoms with E-state index >= 15 is 0 Å². The molecule has 0 spiro atoms. The molecule has 11 nitrogen and oxygen atoms in total. The molecular weight excluding hydrogens is 310 g/mol. The molecule has 0 aromatic heterocycles. The van der Waals surface area contributed by atoms with E-state index < -0.39 is 48.3 Å². The second-order valence-corrected chi connectivity index (χ2v) is 5.64. The number of aliphatic hydroxyl groups is 2. The minimum Gasteiger partial charge on any atom is -0.444 e. The molecule has 0 fully saturated rings. The molecule has 130 valence electrons. The lowest BCUT2D eigenvalue weighted by molar-refractivity contribution is -0.131. The maximum atomic E-state index is 12.0. The fourth-order valence-electron chi connectivity index (χ4n) is 1.40. The fourth-order valence-corrected chi connectivity index (χ4v) is 1.40. The van der Waals surface area contributed by atoms with Crippen LogP contribution in [0.4, 0.5) is 4.79 Å². The molecule has 3 amide bonds. The van der Waals surface area contributed by atoms with Gasteiger partial charge in [0.25, 0.3) is 0 Å². The largest absolute Gasteiger partial charge is 0.444 e. The summed E-state index contributed by atoms with van der Waals surface area (Å²) in [5, 5.41) is 25.6. The van der Waals surface area contributed by atoms with Crippen molar-refractivity contribution in [1.29, 1.82) is 0 Å². The molecule has 0 saturated carbocycles. The van der Waals surface area contributed by atoms with Crippen LogP contribution < -0.4 is 10.6 Å². The Hall–Kier alpha value is -2.36. The van der Waals surface area contributed by atoms with Crippen molar-refractivity contribution in [3.63, 3.8) is 0 Å². The first-order valence-corrected chi connectivity index (χ1v) is 6.69. The summed E-state index contributed by atoms with van der Waals surface area (Å²) >= 11 is 0. The molecule has 3 atom stereocenters. The van der Waals surface area contributed by atoms with E-state index in [9.17, 15) is 19.5 Å². The summed E-state index contributed by atoms with van der Waals surface area (Å²) in [4.78, 5) is 37.3. The van der Waals surface area contributed by atoms with Crippen LogP contribution in [0.3, 0.4) is 0 Å². The van der Waals surface area contributed by atoms with Crippen LogP contribution in [0.15, 0.2) is 5.11 Å². The maximum absolute atomic E-state index is 12.0.